The number of carbonyl (C=O) groups excluding carboxylic acids is 2. The average molecular weight is 271 g/mol. The topological polar surface area (TPSA) is 43.4 Å². The summed E-state index contributed by atoms with van der Waals surface area (Å²) >= 11 is 5.81. The van der Waals surface area contributed by atoms with Gasteiger partial charge in [0.05, 0.1) is 11.6 Å². The molecule has 0 amide bonds. The van der Waals surface area contributed by atoms with Gasteiger partial charge in [0, 0.05) is 5.56 Å². The maximum absolute atomic E-state index is 13.5. The fourth-order valence-electron chi connectivity index (χ4n) is 1.31. The molecule has 1 aromatic rings. The number of hydrogen-bond acceptors (Lipinski definition) is 3. The van der Waals surface area contributed by atoms with Gasteiger partial charge in [-0.3, -0.25) is 4.79 Å². The number of halogens is 2. The first kappa shape index (κ1) is 14.4. The van der Waals surface area contributed by atoms with Gasteiger partial charge in [0.25, 0.3) is 0 Å². The average Bonchev–Trinajstić information content (AvgIpc) is 2.28. The molecule has 3 nitrogen and oxygen atoms in total. The van der Waals surface area contributed by atoms with E-state index >= 15 is 0 Å². The second-order valence-electron chi connectivity index (χ2n) is 3.47. The molecule has 0 radical (unpaired) electrons. The van der Waals surface area contributed by atoms with Crippen LogP contribution in [0.3, 0.4) is 0 Å². The van der Waals surface area contributed by atoms with Gasteiger partial charge in [-0.25, -0.2) is 9.18 Å². The monoisotopic (exact) mass is 270 g/mol. The lowest BCUT2D eigenvalue weighted by atomic mass is 10.1. The lowest BCUT2D eigenvalue weighted by molar-refractivity contribution is -0.139. The van der Waals surface area contributed by atoms with Crippen molar-refractivity contribution >= 4 is 29.4 Å². The summed E-state index contributed by atoms with van der Waals surface area (Å²) in [6, 6.07) is 4.10. The Labute approximate surface area is 109 Å². The number of carbonyl (C=O) groups is 2. The molecule has 0 unspecified atom stereocenters. The summed E-state index contributed by atoms with van der Waals surface area (Å²) in [5.41, 5.74) is -0.235. The Morgan fingerprint density at radius 2 is 2.11 bits per heavy atom. The molecule has 0 aliphatic rings. The van der Waals surface area contributed by atoms with Gasteiger partial charge in [0.1, 0.15) is 11.4 Å². The van der Waals surface area contributed by atoms with Crippen molar-refractivity contribution in [2.75, 3.05) is 6.61 Å². The van der Waals surface area contributed by atoms with Gasteiger partial charge >= 0.3 is 5.97 Å². The third-order valence-electron chi connectivity index (χ3n) is 2.16. The van der Waals surface area contributed by atoms with Crippen LogP contribution in [0.25, 0.3) is 6.08 Å². The fraction of sp³-hybridized carbons (Fsp3) is 0.231. The maximum atomic E-state index is 13.5. The summed E-state index contributed by atoms with van der Waals surface area (Å²) in [5, 5.41) is 0.123. The van der Waals surface area contributed by atoms with Crippen LogP contribution in [0.2, 0.25) is 5.02 Å². The van der Waals surface area contributed by atoms with Crippen LogP contribution in [-0.2, 0) is 14.3 Å². The highest BCUT2D eigenvalue weighted by atomic mass is 35.5. The zero-order valence-corrected chi connectivity index (χ0v) is 10.8. The van der Waals surface area contributed by atoms with Crippen molar-refractivity contribution in [3.8, 4) is 0 Å². The van der Waals surface area contributed by atoms with Crippen LogP contribution in [0.5, 0.6) is 0 Å². The Morgan fingerprint density at radius 3 is 2.61 bits per heavy atom. The Balaban J connectivity index is 3.25. The molecule has 18 heavy (non-hydrogen) atoms. The Hall–Kier alpha value is -1.68. The molecule has 0 aliphatic carbocycles. The number of rotatable bonds is 4. The van der Waals surface area contributed by atoms with Gasteiger partial charge in [-0.1, -0.05) is 17.7 Å². The molecule has 0 heterocycles. The van der Waals surface area contributed by atoms with Crippen LogP contribution in [0, 0.1) is 5.82 Å². The molecule has 0 bridgehead atoms. The van der Waals surface area contributed by atoms with E-state index in [4.69, 9.17) is 16.3 Å². The lowest BCUT2D eigenvalue weighted by Gasteiger charge is -2.05. The highest BCUT2D eigenvalue weighted by Gasteiger charge is 2.17. The summed E-state index contributed by atoms with van der Waals surface area (Å²) in [5.74, 6) is -1.90. The van der Waals surface area contributed by atoms with Crippen molar-refractivity contribution in [3.05, 3.63) is 40.2 Å². The van der Waals surface area contributed by atoms with Crippen LogP contribution >= 0.6 is 11.6 Å². The fourth-order valence-corrected chi connectivity index (χ4v) is 1.52. The standard InChI is InChI=1S/C13H12ClFO3/c1-3-18-13(17)9(8(2)16)7-10-11(14)5-4-6-12(10)15/h4-7H,3H2,1-2H3/b9-7+. The summed E-state index contributed by atoms with van der Waals surface area (Å²) in [6.45, 7) is 2.96. The van der Waals surface area contributed by atoms with E-state index in [1.807, 2.05) is 0 Å². The smallest absolute Gasteiger partial charge is 0.341 e. The molecule has 0 saturated carbocycles. The molecule has 0 fully saturated rings. The third-order valence-corrected chi connectivity index (χ3v) is 2.49. The number of ether oxygens (including phenoxy) is 1. The number of ketones is 1. The van der Waals surface area contributed by atoms with Gasteiger partial charge in [-0.05, 0) is 32.1 Å². The summed E-state index contributed by atoms with van der Waals surface area (Å²) in [7, 11) is 0. The van der Waals surface area contributed by atoms with Crippen molar-refractivity contribution in [2.45, 2.75) is 13.8 Å². The van der Waals surface area contributed by atoms with Crippen molar-refractivity contribution in [1.82, 2.24) is 0 Å². The van der Waals surface area contributed by atoms with Crippen molar-refractivity contribution < 1.29 is 18.7 Å². The SMILES string of the molecule is CCOC(=O)/C(=C/c1c(F)cccc1Cl)C(C)=O. The van der Waals surface area contributed by atoms with E-state index in [0.29, 0.717) is 0 Å². The second-order valence-corrected chi connectivity index (χ2v) is 3.88. The minimum absolute atomic E-state index is 0.00239. The minimum Gasteiger partial charge on any atom is -0.462 e. The number of hydrogen-bond donors (Lipinski definition) is 0. The van der Waals surface area contributed by atoms with Crippen molar-refractivity contribution in [2.24, 2.45) is 0 Å². The van der Waals surface area contributed by atoms with Crippen LogP contribution in [0.4, 0.5) is 4.39 Å². The van der Waals surface area contributed by atoms with E-state index < -0.39 is 17.6 Å². The zero-order chi connectivity index (χ0) is 13.7. The maximum Gasteiger partial charge on any atom is 0.341 e. The van der Waals surface area contributed by atoms with Crippen LogP contribution in [0.15, 0.2) is 23.8 Å². The van der Waals surface area contributed by atoms with Gasteiger partial charge in [0.15, 0.2) is 5.78 Å². The lowest BCUT2D eigenvalue weighted by Crippen LogP contribution is -2.13. The van der Waals surface area contributed by atoms with Gasteiger partial charge < -0.3 is 4.74 Å². The Kier molecular flexibility index (Phi) is 5.04. The van der Waals surface area contributed by atoms with E-state index in [2.05, 4.69) is 0 Å². The summed E-state index contributed by atoms with van der Waals surface area (Å²) in [4.78, 5) is 22.9. The first-order valence-corrected chi connectivity index (χ1v) is 5.69. The van der Waals surface area contributed by atoms with Crippen LogP contribution < -0.4 is 0 Å². The van der Waals surface area contributed by atoms with Crippen LogP contribution in [-0.4, -0.2) is 18.4 Å². The normalized spacial score (nSPS) is 11.2. The predicted octanol–water partition coefficient (Wildman–Crippen LogP) is 3.01. The van der Waals surface area contributed by atoms with Crippen LogP contribution in [0.1, 0.15) is 19.4 Å². The first-order valence-electron chi connectivity index (χ1n) is 5.31. The van der Waals surface area contributed by atoms with Gasteiger partial charge in [-0.2, -0.15) is 0 Å². The van der Waals surface area contributed by atoms with Gasteiger partial charge in [-0.15, -0.1) is 0 Å². The molecule has 96 valence electrons. The largest absolute Gasteiger partial charge is 0.462 e. The van der Waals surface area contributed by atoms with Crippen molar-refractivity contribution in [3.63, 3.8) is 0 Å². The number of Topliss-reactive ketones (excluding diaryl/α,β-unsaturated/α-hetero) is 1. The number of esters is 1. The van der Waals surface area contributed by atoms with E-state index in [1.54, 1.807) is 6.92 Å². The quantitative estimate of drug-likeness (QED) is 0.366. The number of benzene rings is 1. The Bertz CT molecular complexity index is 489. The molecule has 0 aromatic heterocycles. The van der Waals surface area contributed by atoms with Gasteiger partial charge in [0.2, 0.25) is 0 Å². The molecule has 0 aliphatic heterocycles. The van der Waals surface area contributed by atoms with E-state index in [-0.39, 0.29) is 22.8 Å². The molecular weight excluding hydrogens is 259 g/mol. The van der Waals surface area contributed by atoms with Crippen molar-refractivity contribution in [1.29, 1.82) is 0 Å². The molecular formula is C13H12ClFO3. The van der Waals surface area contributed by atoms with E-state index in [1.165, 1.54) is 25.1 Å². The molecule has 5 heteroatoms. The molecule has 0 atom stereocenters. The summed E-state index contributed by atoms with van der Waals surface area (Å²) < 4.78 is 18.3. The van der Waals surface area contributed by atoms with E-state index in [9.17, 15) is 14.0 Å². The summed E-state index contributed by atoms with van der Waals surface area (Å²) in [6.07, 6.45) is 1.11. The minimum atomic E-state index is -0.788. The second kappa shape index (κ2) is 6.31. The molecule has 0 saturated heterocycles. The molecule has 1 rings (SSSR count). The van der Waals surface area contributed by atoms with E-state index in [0.717, 1.165) is 6.08 Å². The zero-order valence-electron chi connectivity index (χ0n) is 10.00. The molecule has 1 aromatic carbocycles. The molecule has 0 spiro atoms. The molecule has 0 N–H and O–H groups in total. The highest BCUT2D eigenvalue weighted by molar-refractivity contribution is 6.32. The third kappa shape index (κ3) is 3.40. The first-order chi connectivity index (χ1) is 8.47. The highest BCUT2D eigenvalue weighted by Crippen LogP contribution is 2.22. The predicted molar refractivity (Wildman–Crippen MR) is 66.7 cm³/mol. The Morgan fingerprint density at radius 1 is 1.44 bits per heavy atom.